The maximum Gasteiger partial charge on any atom is 0.222 e. The summed E-state index contributed by atoms with van der Waals surface area (Å²) in [5.74, 6) is 0.296. The number of imidazole rings is 1. The molecule has 4 rings (SSSR count). The van der Waals surface area contributed by atoms with E-state index in [0.717, 1.165) is 32.6 Å². The molecule has 1 amide bonds. The fourth-order valence-corrected chi connectivity index (χ4v) is 4.31. The number of nitrogens with zero attached hydrogens (tertiary/aromatic N) is 5. The summed E-state index contributed by atoms with van der Waals surface area (Å²) in [6.07, 6.45) is 11.5. The molecule has 0 atom stereocenters. The Kier molecular flexibility index (Phi) is 4.76. The first-order chi connectivity index (χ1) is 12.6. The van der Waals surface area contributed by atoms with Crippen LogP contribution in [0, 0.1) is 5.41 Å². The summed E-state index contributed by atoms with van der Waals surface area (Å²) in [4.78, 5) is 25.3. The van der Waals surface area contributed by atoms with Gasteiger partial charge in [0.05, 0.1) is 12.0 Å². The second-order valence-corrected chi connectivity index (χ2v) is 7.88. The highest BCUT2D eigenvalue weighted by molar-refractivity contribution is 5.77. The fraction of sp³-hybridized carbons (Fsp3) is 0.550. The minimum absolute atomic E-state index is 0.296. The highest BCUT2D eigenvalue weighted by atomic mass is 16.2. The Morgan fingerprint density at radius 1 is 1.08 bits per heavy atom. The van der Waals surface area contributed by atoms with Gasteiger partial charge in [-0.05, 0) is 55.5 Å². The summed E-state index contributed by atoms with van der Waals surface area (Å²) in [6, 6.07) is 4.01. The summed E-state index contributed by atoms with van der Waals surface area (Å²) in [7, 11) is 2.05. The number of likely N-dealkylation sites (tertiary alicyclic amines) is 2. The predicted octanol–water partition coefficient (Wildman–Crippen LogP) is 2.22. The minimum atomic E-state index is 0.296. The van der Waals surface area contributed by atoms with Crippen molar-refractivity contribution in [1.82, 2.24) is 24.3 Å². The van der Waals surface area contributed by atoms with E-state index in [1.54, 1.807) is 12.4 Å². The monoisotopic (exact) mass is 353 g/mol. The molecule has 0 bridgehead atoms. The number of hydrogen-bond donors (Lipinski definition) is 0. The lowest BCUT2D eigenvalue weighted by Gasteiger charge is -2.47. The summed E-state index contributed by atoms with van der Waals surface area (Å²) >= 11 is 0. The average Bonchev–Trinajstić information content (AvgIpc) is 3.06. The number of carbonyl (C=O) groups excluding carboxylic acids is 1. The molecule has 2 saturated heterocycles. The van der Waals surface area contributed by atoms with Gasteiger partial charge in [0.15, 0.2) is 0 Å². The molecule has 2 fully saturated rings. The van der Waals surface area contributed by atoms with Gasteiger partial charge in [-0.3, -0.25) is 14.7 Å². The highest BCUT2D eigenvalue weighted by Gasteiger charge is 2.40. The highest BCUT2D eigenvalue weighted by Crippen LogP contribution is 2.40. The van der Waals surface area contributed by atoms with Gasteiger partial charge >= 0.3 is 0 Å². The van der Waals surface area contributed by atoms with Crippen LogP contribution in [0.25, 0.3) is 0 Å². The largest absolute Gasteiger partial charge is 0.338 e. The van der Waals surface area contributed by atoms with E-state index in [4.69, 9.17) is 0 Å². The molecule has 138 valence electrons. The van der Waals surface area contributed by atoms with E-state index in [2.05, 4.69) is 31.4 Å². The smallest absolute Gasteiger partial charge is 0.222 e. The van der Waals surface area contributed by atoms with Crippen LogP contribution in [0.15, 0.2) is 37.1 Å². The molecule has 0 radical (unpaired) electrons. The number of rotatable bonds is 4. The Morgan fingerprint density at radius 2 is 1.85 bits per heavy atom. The van der Waals surface area contributed by atoms with Crippen LogP contribution in [-0.4, -0.2) is 49.9 Å². The zero-order chi connectivity index (χ0) is 18.0. The topological polar surface area (TPSA) is 54.3 Å². The van der Waals surface area contributed by atoms with Crippen LogP contribution < -0.4 is 0 Å². The maximum absolute atomic E-state index is 12.4. The number of aromatic nitrogens is 3. The zero-order valence-corrected chi connectivity index (χ0v) is 15.5. The summed E-state index contributed by atoms with van der Waals surface area (Å²) in [5, 5.41) is 0. The Labute approximate surface area is 154 Å². The number of aryl methyl sites for hydroxylation is 1. The van der Waals surface area contributed by atoms with Crippen molar-refractivity contribution < 1.29 is 4.79 Å². The molecule has 0 saturated carbocycles. The van der Waals surface area contributed by atoms with E-state index < -0.39 is 0 Å². The van der Waals surface area contributed by atoms with Crippen molar-refractivity contribution in [2.24, 2.45) is 12.5 Å². The van der Waals surface area contributed by atoms with Crippen molar-refractivity contribution in [1.29, 1.82) is 0 Å². The first-order valence-corrected chi connectivity index (χ1v) is 9.48. The standard InChI is InChI=1S/C20H27N5O/c1-23-16-22-12-18(23)14-24-10-6-20(7-11-24)5-2-19(26)25(15-20)13-17-3-8-21-9-4-17/h3-4,8-9,12,16H,2,5-7,10-11,13-15H2,1H3. The van der Waals surface area contributed by atoms with Crippen LogP contribution in [0.2, 0.25) is 0 Å². The lowest BCUT2D eigenvalue weighted by atomic mass is 9.72. The van der Waals surface area contributed by atoms with Gasteiger partial charge in [0.2, 0.25) is 5.91 Å². The van der Waals surface area contributed by atoms with E-state index in [1.165, 1.54) is 24.1 Å². The van der Waals surface area contributed by atoms with Crippen LogP contribution in [0.1, 0.15) is 36.9 Å². The quantitative estimate of drug-likeness (QED) is 0.846. The second-order valence-electron chi connectivity index (χ2n) is 7.88. The van der Waals surface area contributed by atoms with Crippen LogP contribution in [0.5, 0.6) is 0 Å². The molecule has 1 spiro atoms. The van der Waals surface area contributed by atoms with Gasteiger partial charge in [-0.1, -0.05) is 0 Å². The molecule has 2 aliphatic rings. The Morgan fingerprint density at radius 3 is 2.54 bits per heavy atom. The summed E-state index contributed by atoms with van der Waals surface area (Å²) < 4.78 is 2.10. The van der Waals surface area contributed by atoms with Gasteiger partial charge < -0.3 is 9.47 Å². The van der Waals surface area contributed by atoms with Crippen molar-refractivity contribution in [3.05, 3.63) is 48.3 Å². The summed E-state index contributed by atoms with van der Waals surface area (Å²) in [6.45, 7) is 4.77. The van der Waals surface area contributed by atoms with Crippen LogP contribution in [-0.2, 0) is 24.9 Å². The molecule has 0 aliphatic carbocycles. The molecule has 26 heavy (non-hydrogen) atoms. The van der Waals surface area contributed by atoms with Crippen molar-refractivity contribution in [3.63, 3.8) is 0 Å². The molecular weight excluding hydrogens is 326 g/mol. The molecule has 0 aromatic carbocycles. The van der Waals surface area contributed by atoms with E-state index >= 15 is 0 Å². The number of pyridine rings is 1. The van der Waals surface area contributed by atoms with Gasteiger partial charge in [-0.15, -0.1) is 0 Å². The van der Waals surface area contributed by atoms with Crippen molar-refractivity contribution in [2.75, 3.05) is 19.6 Å². The van der Waals surface area contributed by atoms with Crippen LogP contribution in [0.4, 0.5) is 0 Å². The molecule has 2 aromatic heterocycles. The lowest BCUT2D eigenvalue weighted by molar-refractivity contribution is -0.140. The summed E-state index contributed by atoms with van der Waals surface area (Å²) in [5.41, 5.74) is 2.72. The molecule has 6 nitrogen and oxygen atoms in total. The zero-order valence-electron chi connectivity index (χ0n) is 15.5. The third-order valence-corrected chi connectivity index (χ3v) is 6.09. The van der Waals surface area contributed by atoms with Crippen LogP contribution in [0.3, 0.4) is 0 Å². The molecule has 6 heteroatoms. The minimum Gasteiger partial charge on any atom is -0.338 e. The second kappa shape index (κ2) is 7.19. The Balaban J connectivity index is 1.37. The van der Waals surface area contributed by atoms with Gasteiger partial charge in [0.25, 0.3) is 0 Å². The molecule has 0 N–H and O–H groups in total. The SMILES string of the molecule is Cn1cncc1CN1CCC2(CCC(=O)N(Cc3ccncc3)C2)CC1. The molecule has 0 unspecified atom stereocenters. The van der Waals surface area contributed by atoms with E-state index in [9.17, 15) is 4.79 Å². The van der Waals surface area contributed by atoms with Crippen molar-refractivity contribution in [2.45, 2.75) is 38.8 Å². The van der Waals surface area contributed by atoms with E-state index in [-0.39, 0.29) is 0 Å². The first kappa shape index (κ1) is 17.2. The number of hydrogen-bond acceptors (Lipinski definition) is 4. The lowest BCUT2D eigenvalue weighted by Crippen LogP contribution is -2.51. The van der Waals surface area contributed by atoms with Gasteiger partial charge in [0.1, 0.15) is 0 Å². The molecule has 2 aliphatic heterocycles. The predicted molar refractivity (Wildman–Crippen MR) is 99.0 cm³/mol. The number of carbonyl (C=O) groups is 1. The number of piperidine rings is 2. The molecular formula is C20H27N5O. The number of amides is 1. The van der Waals surface area contributed by atoms with Crippen LogP contribution >= 0.6 is 0 Å². The molecule has 4 heterocycles. The van der Waals surface area contributed by atoms with Crippen molar-refractivity contribution in [3.8, 4) is 0 Å². The fourth-order valence-electron chi connectivity index (χ4n) is 4.31. The normalized spacial score (nSPS) is 20.7. The van der Waals surface area contributed by atoms with Crippen molar-refractivity contribution >= 4 is 5.91 Å². The Bertz CT molecular complexity index is 749. The van der Waals surface area contributed by atoms with Gasteiger partial charge in [-0.25, -0.2) is 4.98 Å². The Hall–Kier alpha value is -2.21. The third-order valence-electron chi connectivity index (χ3n) is 6.09. The molecule has 2 aromatic rings. The van der Waals surface area contributed by atoms with Gasteiger partial charge in [0, 0.05) is 51.7 Å². The van der Waals surface area contributed by atoms with E-state index in [1.807, 2.05) is 24.7 Å². The van der Waals surface area contributed by atoms with Gasteiger partial charge in [-0.2, -0.15) is 0 Å². The first-order valence-electron chi connectivity index (χ1n) is 9.48. The maximum atomic E-state index is 12.4. The third kappa shape index (κ3) is 3.65. The average molecular weight is 353 g/mol. The van der Waals surface area contributed by atoms with E-state index in [0.29, 0.717) is 24.3 Å².